The van der Waals surface area contributed by atoms with Crippen LogP contribution in [-0.4, -0.2) is 168 Å². The van der Waals surface area contributed by atoms with Crippen molar-refractivity contribution < 1.29 is 79.9 Å². The summed E-state index contributed by atoms with van der Waals surface area (Å²) >= 11 is 0. The standard InChI is InChI=1S/C18H32O16/c19-1-6-9(23)12(26)13(27)16(31-6)34-18(15(29)11(25)8(3-21)33-18)5-30-17(4-22)14(28)10(24)7(2-20)32-17/h6-16,19-29H,1-5H2/t6-,7-,8-,9-,10-,11-,12+,13-,14+,15+,16-,17?,18+/m1/s1. The van der Waals surface area contributed by atoms with Gasteiger partial charge in [-0.1, -0.05) is 0 Å². The fourth-order valence-corrected chi connectivity index (χ4v) is 4.14. The molecule has 11 N–H and O–H groups in total. The average Bonchev–Trinajstić information content (AvgIpc) is 3.23. The number of rotatable bonds is 9. The third-order valence-electron chi connectivity index (χ3n) is 6.27. The highest BCUT2D eigenvalue weighted by atomic mass is 16.8. The number of aliphatic hydroxyl groups is 11. The van der Waals surface area contributed by atoms with Crippen LogP contribution in [0, 0.1) is 0 Å². The number of hydrogen-bond acceptors (Lipinski definition) is 16. The second-order valence-electron chi connectivity index (χ2n) is 8.43. The Morgan fingerprint density at radius 3 is 1.56 bits per heavy atom. The highest BCUT2D eigenvalue weighted by Crippen LogP contribution is 2.39. The van der Waals surface area contributed by atoms with Crippen LogP contribution in [0.25, 0.3) is 0 Å². The molecule has 16 heteroatoms. The van der Waals surface area contributed by atoms with Crippen molar-refractivity contribution in [3.8, 4) is 0 Å². The monoisotopic (exact) mass is 504 g/mol. The Balaban J connectivity index is 1.87. The van der Waals surface area contributed by atoms with E-state index in [0.29, 0.717) is 0 Å². The molecule has 0 aromatic rings. The van der Waals surface area contributed by atoms with Crippen LogP contribution in [0.1, 0.15) is 0 Å². The molecule has 0 saturated carbocycles. The molecule has 1 unspecified atom stereocenters. The molecule has 200 valence electrons. The summed E-state index contributed by atoms with van der Waals surface area (Å²) in [7, 11) is 0. The highest BCUT2D eigenvalue weighted by molar-refractivity contribution is 5.01. The normalized spacial score (nSPS) is 51.8. The molecule has 3 aliphatic rings. The molecule has 0 bridgehead atoms. The Morgan fingerprint density at radius 1 is 0.588 bits per heavy atom. The molecule has 0 aromatic heterocycles. The van der Waals surface area contributed by atoms with Crippen LogP contribution in [-0.2, 0) is 23.7 Å². The van der Waals surface area contributed by atoms with Crippen molar-refractivity contribution in [2.45, 2.75) is 78.9 Å². The molecule has 3 fully saturated rings. The fourth-order valence-electron chi connectivity index (χ4n) is 4.14. The third-order valence-corrected chi connectivity index (χ3v) is 6.27. The summed E-state index contributed by atoms with van der Waals surface area (Å²) in [6.45, 7) is -4.40. The lowest BCUT2D eigenvalue weighted by Crippen LogP contribution is -2.63. The van der Waals surface area contributed by atoms with Gasteiger partial charge in [0.25, 0.3) is 0 Å². The number of aliphatic hydroxyl groups excluding tert-OH is 11. The van der Waals surface area contributed by atoms with Gasteiger partial charge in [-0.2, -0.15) is 0 Å². The van der Waals surface area contributed by atoms with Gasteiger partial charge in [0.1, 0.15) is 74.3 Å². The molecule has 34 heavy (non-hydrogen) atoms. The molecular weight excluding hydrogens is 472 g/mol. The predicted molar refractivity (Wildman–Crippen MR) is 101 cm³/mol. The zero-order chi connectivity index (χ0) is 25.4. The van der Waals surface area contributed by atoms with Gasteiger partial charge >= 0.3 is 0 Å². The van der Waals surface area contributed by atoms with Gasteiger partial charge in [-0.05, 0) is 0 Å². The topological polar surface area (TPSA) is 269 Å². The van der Waals surface area contributed by atoms with E-state index in [1.54, 1.807) is 0 Å². The van der Waals surface area contributed by atoms with E-state index >= 15 is 0 Å². The van der Waals surface area contributed by atoms with Crippen molar-refractivity contribution in [2.24, 2.45) is 0 Å². The van der Waals surface area contributed by atoms with Crippen molar-refractivity contribution in [3.63, 3.8) is 0 Å². The molecule has 13 atom stereocenters. The largest absolute Gasteiger partial charge is 0.394 e. The first-order chi connectivity index (χ1) is 16.0. The second-order valence-corrected chi connectivity index (χ2v) is 8.43. The molecule has 0 aliphatic carbocycles. The van der Waals surface area contributed by atoms with Gasteiger partial charge in [0, 0.05) is 0 Å². The van der Waals surface area contributed by atoms with Crippen molar-refractivity contribution in [2.75, 3.05) is 33.0 Å². The van der Waals surface area contributed by atoms with E-state index < -0.39 is 112 Å². The summed E-state index contributed by atoms with van der Waals surface area (Å²) in [4.78, 5) is 0. The Hall–Kier alpha value is -0.640. The SMILES string of the molecule is OC[C@H]1OC(CO)(OC[C@@]2(O[C@H]3O[C@H](CO)[C@@H](O)[C@H](O)[C@H]3O)O[C@H](CO)[C@@H](O)[C@@H]2O)[C@@H](O)[C@@H]1O. The van der Waals surface area contributed by atoms with Gasteiger partial charge < -0.3 is 79.9 Å². The van der Waals surface area contributed by atoms with Crippen LogP contribution in [0.5, 0.6) is 0 Å². The van der Waals surface area contributed by atoms with E-state index in [4.69, 9.17) is 23.7 Å². The van der Waals surface area contributed by atoms with Crippen LogP contribution in [0.4, 0.5) is 0 Å². The lowest BCUT2D eigenvalue weighted by molar-refractivity contribution is -0.399. The van der Waals surface area contributed by atoms with E-state index in [0.717, 1.165) is 0 Å². The van der Waals surface area contributed by atoms with E-state index in [2.05, 4.69) is 0 Å². The Kier molecular flexibility index (Phi) is 8.85. The molecule has 0 radical (unpaired) electrons. The predicted octanol–water partition coefficient (Wildman–Crippen LogP) is -7.57. The summed E-state index contributed by atoms with van der Waals surface area (Å²) in [6.07, 6.45) is -19.0. The van der Waals surface area contributed by atoms with Crippen LogP contribution < -0.4 is 0 Å². The first-order valence-corrected chi connectivity index (χ1v) is 10.5. The van der Waals surface area contributed by atoms with Gasteiger partial charge in [0.15, 0.2) is 6.29 Å². The van der Waals surface area contributed by atoms with Gasteiger partial charge in [0.05, 0.1) is 19.8 Å². The lowest BCUT2D eigenvalue weighted by atomic mass is 9.99. The quantitative estimate of drug-likeness (QED) is 0.139. The summed E-state index contributed by atoms with van der Waals surface area (Å²) in [5.74, 6) is -4.84. The molecule has 16 nitrogen and oxygen atoms in total. The van der Waals surface area contributed by atoms with E-state index in [9.17, 15) is 56.2 Å². The van der Waals surface area contributed by atoms with Gasteiger partial charge in [-0.3, -0.25) is 0 Å². The first kappa shape index (κ1) is 27.9. The molecular formula is C18H32O16. The van der Waals surface area contributed by atoms with Crippen molar-refractivity contribution >= 4 is 0 Å². The Bertz CT molecular complexity index is 668. The third kappa shape index (κ3) is 4.71. The smallest absolute Gasteiger partial charge is 0.224 e. The molecule has 3 rings (SSSR count). The highest BCUT2D eigenvalue weighted by Gasteiger charge is 2.62. The second kappa shape index (κ2) is 10.8. The Labute approximate surface area is 192 Å². The van der Waals surface area contributed by atoms with Crippen molar-refractivity contribution in [3.05, 3.63) is 0 Å². The maximum absolute atomic E-state index is 10.7. The molecule has 0 aromatic carbocycles. The molecule has 3 heterocycles. The van der Waals surface area contributed by atoms with E-state index in [-0.39, 0.29) is 0 Å². The zero-order valence-electron chi connectivity index (χ0n) is 17.8. The molecule has 3 aliphatic heterocycles. The lowest BCUT2D eigenvalue weighted by Gasteiger charge is -2.44. The van der Waals surface area contributed by atoms with Gasteiger partial charge in [0.2, 0.25) is 11.6 Å². The minimum atomic E-state index is -2.49. The average molecular weight is 504 g/mol. The van der Waals surface area contributed by atoms with Crippen LogP contribution in [0.15, 0.2) is 0 Å². The fraction of sp³-hybridized carbons (Fsp3) is 1.00. The number of hydrogen-bond donors (Lipinski definition) is 11. The first-order valence-electron chi connectivity index (χ1n) is 10.5. The van der Waals surface area contributed by atoms with Crippen molar-refractivity contribution in [1.82, 2.24) is 0 Å². The van der Waals surface area contributed by atoms with Crippen LogP contribution >= 0.6 is 0 Å². The van der Waals surface area contributed by atoms with Crippen LogP contribution in [0.3, 0.4) is 0 Å². The minimum Gasteiger partial charge on any atom is -0.394 e. The van der Waals surface area contributed by atoms with E-state index in [1.165, 1.54) is 0 Å². The van der Waals surface area contributed by atoms with E-state index in [1.807, 2.05) is 0 Å². The molecule has 0 amide bonds. The number of ether oxygens (including phenoxy) is 5. The maximum atomic E-state index is 10.7. The van der Waals surface area contributed by atoms with Crippen LogP contribution in [0.2, 0.25) is 0 Å². The van der Waals surface area contributed by atoms with Gasteiger partial charge in [-0.25, -0.2) is 0 Å². The molecule has 3 saturated heterocycles. The summed E-state index contributed by atoms with van der Waals surface area (Å²) < 4.78 is 26.9. The summed E-state index contributed by atoms with van der Waals surface area (Å²) in [5.41, 5.74) is 0. The van der Waals surface area contributed by atoms with Gasteiger partial charge in [-0.15, -0.1) is 0 Å². The zero-order valence-corrected chi connectivity index (χ0v) is 17.8. The summed E-state index contributed by atoms with van der Waals surface area (Å²) in [5, 5.41) is 109. The minimum absolute atomic E-state index is 0.750. The molecule has 0 spiro atoms. The summed E-state index contributed by atoms with van der Waals surface area (Å²) in [6, 6.07) is 0. The van der Waals surface area contributed by atoms with Crippen molar-refractivity contribution in [1.29, 1.82) is 0 Å². The Morgan fingerprint density at radius 2 is 1.09 bits per heavy atom. The maximum Gasteiger partial charge on any atom is 0.224 e.